The molecule has 0 aliphatic heterocycles. The molecule has 22 heavy (non-hydrogen) atoms. The van der Waals surface area contributed by atoms with Crippen LogP contribution in [0.5, 0.6) is 5.75 Å². The molecule has 0 atom stereocenters. The zero-order valence-corrected chi connectivity index (χ0v) is 11.9. The lowest BCUT2D eigenvalue weighted by atomic mass is 10.0. The first-order valence-electron chi connectivity index (χ1n) is 6.68. The minimum Gasteiger partial charge on any atom is -0.491 e. The summed E-state index contributed by atoms with van der Waals surface area (Å²) in [6.45, 7) is 0.0148. The lowest BCUT2D eigenvalue weighted by molar-refractivity contribution is 0.100. The van der Waals surface area contributed by atoms with E-state index in [1.165, 1.54) is 6.07 Å². The number of amides is 1. The summed E-state index contributed by atoms with van der Waals surface area (Å²) in [5.41, 5.74) is 12.5. The van der Waals surface area contributed by atoms with Gasteiger partial charge < -0.3 is 21.3 Å². The van der Waals surface area contributed by atoms with E-state index in [-0.39, 0.29) is 19.2 Å². The second-order valence-electron chi connectivity index (χ2n) is 4.53. The second kappa shape index (κ2) is 7.24. The van der Waals surface area contributed by atoms with Crippen LogP contribution in [-0.4, -0.2) is 30.2 Å². The molecular weight excluding hydrogens is 282 g/mol. The molecule has 2 aromatic carbocycles. The van der Waals surface area contributed by atoms with Crippen LogP contribution in [0.15, 0.2) is 53.5 Å². The van der Waals surface area contributed by atoms with Gasteiger partial charge in [-0.05, 0) is 29.3 Å². The van der Waals surface area contributed by atoms with Crippen molar-refractivity contribution < 1.29 is 14.6 Å². The first kappa shape index (κ1) is 15.5. The van der Waals surface area contributed by atoms with Crippen molar-refractivity contribution in [2.45, 2.75) is 0 Å². The van der Waals surface area contributed by atoms with Crippen molar-refractivity contribution in [2.24, 2.45) is 16.5 Å². The summed E-state index contributed by atoms with van der Waals surface area (Å²) in [5, 5.41) is 8.86. The number of carbonyl (C=O) groups is 1. The van der Waals surface area contributed by atoms with Crippen LogP contribution in [0.4, 0.5) is 0 Å². The molecular formula is C16H17N3O3. The number of guanidine groups is 1. The van der Waals surface area contributed by atoms with Gasteiger partial charge in [0, 0.05) is 5.56 Å². The van der Waals surface area contributed by atoms with Gasteiger partial charge in [-0.2, -0.15) is 4.99 Å². The highest BCUT2D eigenvalue weighted by atomic mass is 16.5. The van der Waals surface area contributed by atoms with Gasteiger partial charge in [-0.3, -0.25) is 4.79 Å². The van der Waals surface area contributed by atoms with Crippen molar-refractivity contribution >= 4 is 11.9 Å². The molecule has 0 bridgehead atoms. The fraction of sp³-hybridized carbons (Fsp3) is 0.125. The average molecular weight is 299 g/mol. The predicted octanol–water partition coefficient (Wildman–Crippen LogP) is 1.14. The van der Waals surface area contributed by atoms with Gasteiger partial charge in [0.25, 0.3) is 5.91 Å². The van der Waals surface area contributed by atoms with Crippen molar-refractivity contribution in [1.29, 1.82) is 0 Å². The number of aliphatic imine (C=N–C) groups is 1. The average Bonchev–Trinajstić information content (AvgIpc) is 2.53. The van der Waals surface area contributed by atoms with Gasteiger partial charge in [0.05, 0.1) is 6.61 Å². The summed E-state index contributed by atoms with van der Waals surface area (Å²) in [6, 6.07) is 14.5. The minimum atomic E-state index is -0.549. The van der Waals surface area contributed by atoms with Crippen LogP contribution in [-0.2, 0) is 0 Å². The molecule has 0 heterocycles. The molecule has 0 saturated heterocycles. The van der Waals surface area contributed by atoms with E-state index in [4.69, 9.17) is 21.3 Å². The molecule has 0 spiro atoms. The number of nitrogens with two attached hydrogens (primary N) is 2. The van der Waals surface area contributed by atoms with E-state index < -0.39 is 5.91 Å². The first-order chi connectivity index (χ1) is 10.6. The summed E-state index contributed by atoms with van der Waals surface area (Å²) in [5.74, 6) is -0.385. The fourth-order valence-corrected chi connectivity index (χ4v) is 1.95. The van der Waals surface area contributed by atoms with Gasteiger partial charge in [0.15, 0.2) is 5.96 Å². The molecule has 2 rings (SSSR count). The van der Waals surface area contributed by atoms with Crippen LogP contribution in [0.1, 0.15) is 10.4 Å². The quantitative estimate of drug-likeness (QED) is 0.566. The van der Waals surface area contributed by atoms with Crippen molar-refractivity contribution in [1.82, 2.24) is 0 Å². The molecule has 6 heteroatoms. The number of hydrogen-bond donors (Lipinski definition) is 3. The highest BCUT2D eigenvalue weighted by molar-refractivity contribution is 6.02. The van der Waals surface area contributed by atoms with E-state index in [0.29, 0.717) is 11.3 Å². The summed E-state index contributed by atoms with van der Waals surface area (Å²) in [4.78, 5) is 15.5. The third-order valence-corrected chi connectivity index (χ3v) is 2.85. The maximum atomic E-state index is 12.0. The zero-order valence-electron chi connectivity index (χ0n) is 11.9. The van der Waals surface area contributed by atoms with Crippen molar-refractivity contribution in [2.75, 3.05) is 13.2 Å². The van der Waals surface area contributed by atoms with E-state index in [0.717, 1.165) is 11.1 Å². The van der Waals surface area contributed by atoms with E-state index >= 15 is 0 Å². The Kier molecular flexibility index (Phi) is 5.11. The predicted molar refractivity (Wildman–Crippen MR) is 84.6 cm³/mol. The van der Waals surface area contributed by atoms with E-state index in [9.17, 15) is 4.79 Å². The zero-order chi connectivity index (χ0) is 15.9. The van der Waals surface area contributed by atoms with Gasteiger partial charge in [-0.25, -0.2) is 0 Å². The largest absolute Gasteiger partial charge is 0.491 e. The number of aliphatic hydroxyl groups excluding tert-OH is 1. The van der Waals surface area contributed by atoms with Crippen LogP contribution >= 0.6 is 0 Å². The van der Waals surface area contributed by atoms with Gasteiger partial charge in [0.1, 0.15) is 12.4 Å². The Balaban J connectivity index is 2.45. The van der Waals surface area contributed by atoms with Gasteiger partial charge in [-0.1, -0.05) is 30.3 Å². The van der Waals surface area contributed by atoms with Crippen LogP contribution in [0, 0.1) is 0 Å². The third-order valence-electron chi connectivity index (χ3n) is 2.85. The number of ether oxygens (including phenoxy) is 1. The number of nitrogens with zero attached hydrogens (tertiary/aromatic N) is 1. The summed E-state index contributed by atoms with van der Waals surface area (Å²) in [6.07, 6.45) is 0. The van der Waals surface area contributed by atoms with Crippen molar-refractivity contribution in [3.8, 4) is 16.9 Å². The smallest absolute Gasteiger partial charge is 0.280 e. The van der Waals surface area contributed by atoms with Crippen molar-refractivity contribution in [3.05, 3.63) is 54.1 Å². The summed E-state index contributed by atoms with van der Waals surface area (Å²) >= 11 is 0. The van der Waals surface area contributed by atoms with Crippen LogP contribution in [0.25, 0.3) is 11.1 Å². The van der Waals surface area contributed by atoms with Gasteiger partial charge in [-0.15, -0.1) is 0 Å². The van der Waals surface area contributed by atoms with Crippen LogP contribution in [0.3, 0.4) is 0 Å². The molecule has 0 aromatic heterocycles. The van der Waals surface area contributed by atoms with Gasteiger partial charge in [0.2, 0.25) is 0 Å². The number of hydrogen-bond acceptors (Lipinski definition) is 3. The number of benzene rings is 2. The maximum Gasteiger partial charge on any atom is 0.280 e. The highest BCUT2D eigenvalue weighted by Crippen LogP contribution is 2.26. The van der Waals surface area contributed by atoms with Crippen LogP contribution in [0.2, 0.25) is 0 Å². The molecule has 5 N–H and O–H groups in total. The normalized spacial score (nSPS) is 10.0. The van der Waals surface area contributed by atoms with E-state index in [2.05, 4.69) is 4.99 Å². The Morgan fingerprint density at radius 2 is 1.82 bits per heavy atom. The SMILES string of the molecule is NC(N)=NC(=O)c1cc(OCCO)cc(-c2ccccc2)c1. The standard InChI is InChI=1S/C16H17N3O3/c17-16(18)19-15(21)13-8-12(11-4-2-1-3-5-11)9-14(10-13)22-7-6-20/h1-5,8-10,20H,6-7H2,(H4,17,18,19,21). The third kappa shape index (κ3) is 4.07. The molecule has 0 radical (unpaired) electrons. The molecule has 0 fully saturated rings. The topological polar surface area (TPSA) is 111 Å². The Morgan fingerprint density at radius 3 is 2.45 bits per heavy atom. The Labute approximate surface area is 128 Å². The Hall–Kier alpha value is -2.86. The van der Waals surface area contributed by atoms with Crippen LogP contribution < -0.4 is 16.2 Å². The number of rotatable bonds is 5. The van der Waals surface area contributed by atoms with Crippen molar-refractivity contribution in [3.63, 3.8) is 0 Å². The first-order valence-corrected chi connectivity index (χ1v) is 6.68. The lowest BCUT2D eigenvalue weighted by Crippen LogP contribution is -2.24. The highest BCUT2D eigenvalue weighted by Gasteiger charge is 2.10. The molecule has 0 aliphatic rings. The molecule has 1 amide bonds. The van der Waals surface area contributed by atoms with E-state index in [1.54, 1.807) is 12.1 Å². The molecule has 2 aromatic rings. The molecule has 6 nitrogen and oxygen atoms in total. The summed E-state index contributed by atoms with van der Waals surface area (Å²) in [7, 11) is 0. The van der Waals surface area contributed by atoms with E-state index in [1.807, 2.05) is 30.3 Å². The number of aliphatic hydroxyl groups is 1. The fourth-order valence-electron chi connectivity index (χ4n) is 1.95. The minimum absolute atomic E-state index is 0.118. The lowest BCUT2D eigenvalue weighted by Gasteiger charge is -2.09. The monoisotopic (exact) mass is 299 g/mol. The summed E-state index contributed by atoms with van der Waals surface area (Å²) < 4.78 is 5.40. The molecule has 114 valence electrons. The maximum absolute atomic E-state index is 12.0. The molecule has 0 aliphatic carbocycles. The molecule has 0 unspecified atom stereocenters. The van der Waals surface area contributed by atoms with Gasteiger partial charge >= 0.3 is 0 Å². The Bertz CT molecular complexity index is 680. The Morgan fingerprint density at radius 1 is 1.09 bits per heavy atom. The second-order valence-corrected chi connectivity index (χ2v) is 4.53. The molecule has 0 saturated carbocycles. The number of carbonyl (C=O) groups excluding carboxylic acids is 1.